The topological polar surface area (TPSA) is 84.2 Å². The number of hydrogen-bond donors (Lipinski definition) is 3. The molecule has 1 aromatic rings. The Morgan fingerprint density at radius 2 is 1.74 bits per heavy atom. The average molecular weight is 263 g/mol. The van der Waals surface area contributed by atoms with E-state index >= 15 is 0 Å². The van der Waals surface area contributed by atoms with Crippen LogP contribution < -0.4 is 16.4 Å². The Kier molecular flexibility index (Phi) is 5.06. The number of aryl methyl sites for hydroxylation is 1. The summed E-state index contributed by atoms with van der Waals surface area (Å²) < 4.78 is 0. The fraction of sp³-hybridized carbons (Fsp3) is 0.429. The zero-order chi connectivity index (χ0) is 14.6. The second-order valence-corrected chi connectivity index (χ2v) is 4.95. The first-order valence-corrected chi connectivity index (χ1v) is 6.29. The molecule has 0 saturated carbocycles. The lowest BCUT2D eigenvalue weighted by Crippen LogP contribution is -2.32. The van der Waals surface area contributed by atoms with E-state index in [9.17, 15) is 9.59 Å². The molecule has 0 saturated heterocycles. The zero-order valence-corrected chi connectivity index (χ0v) is 11.8. The first-order valence-electron chi connectivity index (χ1n) is 6.29. The molecule has 0 aliphatic rings. The summed E-state index contributed by atoms with van der Waals surface area (Å²) in [6.07, 6.45) is 0. The molecule has 0 aromatic heterocycles. The van der Waals surface area contributed by atoms with E-state index < -0.39 is 6.04 Å². The Morgan fingerprint density at radius 3 is 2.26 bits per heavy atom. The number of carbonyl (C=O) groups excluding carboxylic acids is 2. The quantitative estimate of drug-likeness (QED) is 0.775. The summed E-state index contributed by atoms with van der Waals surface area (Å²) in [4.78, 5) is 23.2. The first kappa shape index (κ1) is 15.2. The highest BCUT2D eigenvalue weighted by Gasteiger charge is 2.11. The largest absolute Gasteiger partial charge is 0.326 e. The van der Waals surface area contributed by atoms with Crippen LogP contribution in [0.3, 0.4) is 0 Å². The molecule has 0 bridgehead atoms. The lowest BCUT2D eigenvalue weighted by molar-refractivity contribution is -0.119. The van der Waals surface area contributed by atoms with Gasteiger partial charge in [-0.3, -0.25) is 9.59 Å². The average Bonchev–Trinajstić information content (AvgIpc) is 2.32. The van der Waals surface area contributed by atoms with Crippen molar-refractivity contribution in [3.8, 4) is 0 Å². The molecule has 0 heterocycles. The van der Waals surface area contributed by atoms with Crippen LogP contribution in [0.2, 0.25) is 0 Å². The minimum atomic E-state index is -0.576. The molecular weight excluding hydrogens is 242 g/mol. The highest BCUT2D eigenvalue weighted by Crippen LogP contribution is 2.21. The molecule has 0 fully saturated rings. The highest BCUT2D eigenvalue weighted by atomic mass is 16.2. The van der Waals surface area contributed by atoms with E-state index in [0.717, 1.165) is 5.56 Å². The standard InChI is InChI=1S/C14H21N3O2/c1-8(2)13(18)16-11-6-5-9(3)12(7-11)17-14(19)10(4)15/h5-8,10H,15H2,1-4H3,(H,16,18)(H,17,19). The summed E-state index contributed by atoms with van der Waals surface area (Å²) in [6, 6.07) is 4.80. The van der Waals surface area contributed by atoms with Gasteiger partial charge in [0.05, 0.1) is 6.04 Å². The summed E-state index contributed by atoms with van der Waals surface area (Å²) in [6.45, 7) is 7.14. The Morgan fingerprint density at radius 1 is 1.11 bits per heavy atom. The van der Waals surface area contributed by atoms with E-state index in [2.05, 4.69) is 10.6 Å². The molecule has 1 aromatic carbocycles. The highest BCUT2D eigenvalue weighted by molar-refractivity contribution is 5.97. The van der Waals surface area contributed by atoms with E-state index in [1.165, 1.54) is 0 Å². The smallest absolute Gasteiger partial charge is 0.241 e. The molecule has 0 radical (unpaired) electrons. The van der Waals surface area contributed by atoms with Crippen LogP contribution in [0.5, 0.6) is 0 Å². The summed E-state index contributed by atoms with van der Waals surface area (Å²) in [5.41, 5.74) is 7.74. The van der Waals surface area contributed by atoms with Crippen molar-refractivity contribution < 1.29 is 9.59 Å². The number of hydrogen-bond acceptors (Lipinski definition) is 3. The van der Waals surface area contributed by atoms with Crippen molar-refractivity contribution in [3.05, 3.63) is 23.8 Å². The molecule has 2 amide bonds. The van der Waals surface area contributed by atoms with Gasteiger partial charge in [-0.25, -0.2) is 0 Å². The number of nitrogens with one attached hydrogen (secondary N) is 2. The molecule has 5 nitrogen and oxygen atoms in total. The van der Waals surface area contributed by atoms with Crippen LogP contribution >= 0.6 is 0 Å². The number of benzene rings is 1. The monoisotopic (exact) mass is 263 g/mol. The first-order chi connectivity index (χ1) is 8.81. The van der Waals surface area contributed by atoms with Crippen molar-refractivity contribution >= 4 is 23.2 Å². The fourth-order valence-electron chi connectivity index (χ4n) is 1.37. The van der Waals surface area contributed by atoms with Gasteiger partial charge in [0.1, 0.15) is 0 Å². The molecule has 1 rings (SSSR count). The number of nitrogens with two attached hydrogens (primary N) is 1. The van der Waals surface area contributed by atoms with Crippen LogP contribution in [0.15, 0.2) is 18.2 Å². The van der Waals surface area contributed by atoms with E-state index in [-0.39, 0.29) is 17.7 Å². The number of amides is 2. The van der Waals surface area contributed by atoms with Crippen LogP contribution in [0.25, 0.3) is 0 Å². The Balaban J connectivity index is 2.88. The molecule has 0 aliphatic carbocycles. The second kappa shape index (κ2) is 6.33. The molecule has 0 aliphatic heterocycles. The van der Waals surface area contributed by atoms with Crippen molar-refractivity contribution in [2.75, 3.05) is 10.6 Å². The molecule has 0 spiro atoms. The number of rotatable bonds is 4. The third-order valence-corrected chi connectivity index (χ3v) is 2.70. The maximum absolute atomic E-state index is 11.6. The normalized spacial score (nSPS) is 12.1. The minimum Gasteiger partial charge on any atom is -0.326 e. The third-order valence-electron chi connectivity index (χ3n) is 2.70. The van der Waals surface area contributed by atoms with E-state index in [1.807, 2.05) is 26.8 Å². The van der Waals surface area contributed by atoms with Crippen LogP contribution in [-0.4, -0.2) is 17.9 Å². The van der Waals surface area contributed by atoms with Crippen LogP contribution in [0.1, 0.15) is 26.3 Å². The maximum atomic E-state index is 11.6. The lowest BCUT2D eigenvalue weighted by Gasteiger charge is -2.13. The van der Waals surface area contributed by atoms with E-state index in [1.54, 1.807) is 19.1 Å². The maximum Gasteiger partial charge on any atom is 0.241 e. The van der Waals surface area contributed by atoms with Crippen LogP contribution in [-0.2, 0) is 9.59 Å². The number of carbonyl (C=O) groups is 2. The van der Waals surface area contributed by atoms with Crippen molar-refractivity contribution in [1.82, 2.24) is 0 Å². The minimum absolute atomic E-state index is 0.0617. The summed E-state index contributed by atoms with van der Waals surface area (Å²) in [7, 11) is 0. The van der Waals surface area contributed by atoms with Crippen molar-refractivity contribution in [1.29, 1.82) is 0 Å². The van der Waals surface area contributed by atoms with Crippen molar-refractivity contribution in [3.63, 3.8) is 0 Å². The SMILES string of the molecule is Cc1ccc(NC(=O)C(C)C)cc1NC(=O)C(C)N. The molecular formula is C14H21N3O2. The van der Waals surface area contributed by atoms with E-state index in [0.29, 0.717) is 11.4 Å². The molecule has 1 unspecified atom stereocenters. The molecule has 5 heteroatoms. The van der Waals surface area contributed by atoms with Gasteiger partial charge < -0.3 is 16.4 Å². The summed E-state index contributed by atoms with van der Waals surface area (Å²) in [5.74, 6) is -0.410. The van der Waals surface area contributed by atoms with Gasteiger partial charge in [0.15, 0.2) is 0 Å². The third kappa shape index (κ3) is 4.37. The van der Waals surface area contributed by atoms with E-state index in [4.69, 9.17) is 5.73 Å². The molecule has 4 N–H and O–H groups in total. The summed E-state index contributed by atoms with van der Waals surface area (Å²) in [5, 5.41) is 5.53. The van der Waals surface area contributed by atoms with Gasteiger partial charge >= 0.3 is 0 Å². The van der Waals surface area contributed by atoms with Gasteiger partial charge in [-0.15, -0.1) is 0 Å². The van der Waals surface area contributed by atoms with Gasteiger partial charge in [0.2, 0.25) is 11.8 Å². The summed E-state index contributed by atoms with van der Waals surface area (Å²) >= 11 is 0. The Labute approximate surface area is 113 Å². The van der Waals surface area contributed by atoms with Gasteiger partial charge in [0, 0.05) is 17.3 Å². The van der Waals surface area contributed by atoms with Gasteiger partial charge in [-0.1, -0.05) is 19.9 Å². The number of anilines is 2. The van der Waals surface area contributed by atoms with Gasteiger partial charge in [0.25, 0.3) is 0 Å². The zero-order valence-electron chi connectivity index (χ0n) is 11.8. The van der Waals surface area contributed by atoms with Crippen molar-refractivity contribution in [2.45, 2.75) is 33.7 Å². The predicted molar refractivity (Wildman–Crippen MR) is 76.9 cm³/mol. The van der Waals surface area contributed by atoms with Gasteiger partial charge in [-0.05, 0) is 31.5 Å². The van der Waals surface area contributed by atoms with Crippen LogP contribution in [0.4, 0.5) is 11.4 Å². The fourth-order valence-corrected chi connectivity index (χ4v) is 1.37. The molecule has 1 atom stereocenters. The molecule has 104 valence electrons. The lowest BCUT2D eigenvalue weighted by atomic mass is 10.1. The Bertz CT molecular complexity index is 482. The second-order valence-electron chi connectivity index (χ2n) is 4.95. The van der Waals surface area contributed by atoms with Gasteiger partial charge in [-0.2, -0.15) is 0 Å². The van der Waals surface area contributed by atoms with Crippen molar-refractivity contribution in [2.24, 2.45) is 11.7 Å². The molecule has 19 heavy (non-hydrogen) atoms. The van der Waals surface area contributed by atoms with Crippen LogP contribution in [0, 0.1) is 12.8 Å². The Hall–Kier alpha value is -1.88. The predicted octanol–water partition coefficient (Wildman–Crippen LogP) is 1.88.